The van der Waals surface area contributed by atoms with Gasteiger partial charge in [0.2, 0.25) is 0 Å². The number of fused-ring (bicyclic) bond motifs is 5. The molecule has 5 N–H and O–H groups in total. The first kappa shape index (κ1) is 30.8. The Morgan fingerprint density at radius 3 is 2.32 bits per heavy atom. The molecule has 4 nitrogen and oxygen atoms in total. The Kier molecular flexibility index (Phi) is 11.1. The van der Waals surface area contributed by atoms with Crippen LogP contribution in [0.25, 0.3) is 0 Å². The van der Waals surface area contributed by atoms with Gasteiger partial charge in [0.1, 0.15) is 0 Å². The van der Waals surface area contributed by atoms with E-state index in [4.69, 9.17) is 5.73 Å². The summed E-state index contributed by atoms with van der Waals surface area (Å²) in [6.07, 6.45) is 18.2. The fraction of sp³-hybridized carbons (Fsp3) is 1.00. The van der Waals surface area contributed by atoms with Gasteiger partial charge in [0, 0.05) is 6.04 Å². The highest BCUT2D eigenvalue weighted by atomic mass is 16.3. The van der Waals surface area contributed by atoms with Crippen LogP contribution >= 0.6 is 0 Å². The summed E-state index contributed by atoms with van der Waals surface area (Å²) in [5, 5.41) is 19.2. The van der Waals surface area contributed by atoms with Gasteiger partial charge in [-0.15, -0.1) is 0 Å². The van der Waals surface area contributed by atoms with E-state index in [0.29, 0.717) is 28.7 Å². The van der Waals surface area contributed by atoms with Crippen molar-refractivity contribution in [1.29, 1.82) is 0 Å². The first-order chi connectivity index (χ1) is 18.2. The molecule has 10 atom stereocenters. The summed E-state index contributed by atoms with van der Waals surface area (Å²) in [7, 11) is 0. The van der Waals surface area contributed by atoms with Gasteiger partial charge in [0.25, 0.3) is 0 Å². The van der Waals surface area contributed by atoms with Crippen LogP contribution < -0.4 is 16.4 Å². The zero-order valence-electron chi connectivity index (χ0n) is 25.9. The number of hydrogen-bond donors (Lipinski definition) is 4. The average Bonchev–Trinajstić information content (AvgIpc) is 3.23. The molecule has 0 heterocycles. The minimum absolute atomic E-state index is 0.0748. The molecule has 4 saturated carbocycles. The highest BCUT2D eigenvalue weighted by Gasteiger charge is 2.62. The second-order valence-electron chi connectivity index (χ2n) is 15.4. The maximum absolute atomic E-state index is 11.7. The van der Waals surface area contributed by atoms with Crippen molar-refractivity contribution in [3.63, 3.8) is 0 Å². The molecule has 0 aromatic heterocycles. The van der Waals surface area contributed by atoms with E-state index in [2.05, 4.69) is 45.3 Å². The normalized spacial score (nSPS) is 41.5. The third-order valence-corrected chi connectivity index (χ3v) is 12.7. The molecular formula is C34H65N3O. The van der Waals surface area contributed by atoms with E-state index >= 15 is 0 Å². The molecule has 222 valence electrons. The van der Waals surface area contributed by atoms with Gasteiger partial charge in [-0.25, -0.2) is 0 Å². The van der Waals surface area contributed by atoms with Gasteiger partial charge in [-0.05, 0) is 149 Å². The number of rotatable bonds is 14. The van der Waals surface area contributed by atoms with Gasteiger partial charge in [-0.1, -0.05) is 53.9 Å². The highest BCUT2D eigenvalue weighted by molar-refractivity contribution is 5.12. The Morgan fingerprint density at radius 1 is 0.816 bits per heavy atom. The zero-order chi connectivity index (χ0) is 27.3. The molecule has 0 spiro atoms. The van der Waals surface area contributed by atoms with Crippen LogP contribution in [0.3, 0.4) is 0 Å². The molecule has 0 aliphatic heterocycles. The molecule has 4 unspecified atom stereocenters. The molecular weight excluding hydrogens is 466 g/mol. The van der Waals surface area contributed by atoms with Gasteiger partial charge in [-0.3, -0.25) is 0 Å². The fourth-order valence-corrected chi connectivity index (χ4v) is 10.5. The first-order valence-corrected chi connectivity index (χ1v) is 17.0. The standard InChI is InChI=1S/C34H65N3O/c1-24(2)10-8-11-25(3)28-12-13-29-32-30(15-17-34(28,29)5)33(4)16-14-27(22-26(33)23-31(32)38)37-21-9-20-36-19-7-6-18-35/h24-32,36-38H,6-23,35H2,1-5H3/t25-,26+,27-,28?,29?,30?,31+,32?,33-,34+/m0/s1. The van der Waals surface area contributed by atoms with Gasteiger partial charge < -0.3 is 21.5 Å². The highest BCUT2D eigenvalue weighted by Crippen LogP contribution is 2.68. The summed E-state index contributed by atoms with van der Waals surface area (Å²) >= 11 is 0. The molecule has 0 aromatic carbocycles. The number of aliphatic hydroxyl groups is 1. The molecule has 0 radical (unpaired) electrons. The quantitative estimate of drug-likeness (QED) is 0.187. The van der Waals surface area contributed by atoms with Gasteiger partial charge in [0.15, 0.2) is 0 Å². The maximum atomic E-state index is 11.7. The van der Waals surface area contributed by atoms with Crippen molar-refractivity contribution in [2.75, 3.05) is 26.2 Å². The lowest BCUT2D eigenvalue weighted by Crippen LogP contribution is -2.59. The summed E-state index contributed by atoms with van der Waals surface area (Å²) in [5.41, 5.74) is 6.48. The minimum Gasteiger partial charge on any atom is -0.393 e. The minimum atomic E-state index is -0.0748. The number of aliphatic hydroxyl groups excluding tert-OH is 1. The van der Waals surface area contributed by atoms with Crippen molar-refractivity contribution in [2.45, 2.75) is 137 Å². The van der Waals surface area contributed by atoms with E-state index in [9.17, 15) is 5.11 Å². The molecule has 4 aliphatic rings. The van der Waals surface area contributed by atoms with Crippen LogP contribution in [0.15, 0.2) is 0 Å². The monoisotopic (exact) mass is 532 g/mol. The van der Waals surface area contributed by atoms with Crippen molar-refractivity contribution < 1.29 is 5.11 Å². The number of nitrogens with two attached hydrogens (primary N) is 1. The summed E-state index contributed by atoms with van der Waals surface area (Å²) in [4.78, 5) is 0. The molecule has 38 heavy (non-hydrogen) atoms. The second kappa shape index (κ2) is 13.7. The summed E-state index contributed by atoms with van der Waals surface area (Å²) in [5.74, 6) is 5.27. The molecule has 4 rings (SSSR count). The van der Waals surface area contributed by atoms with Crippen molar-refractivity contribution in [2.24, 2.45) is 58.0 Å². The Hall–Kier alpha value is -0.160. The molecule has 0 amide bonds. The lowest BCUT2D eigenvalue weighted by molar-refractivity contribution is -0.167. The molecule has 4 fully saturated rings. The smallest absolute Gasteiger partial charge is 0.0577 e. The van der Waals surface area contributed by atoms with Gasteiger partial charge in [0.05, 0.1) is 6.10 Å². The van der Waals surface area contributed by atoms with Crippen molar-refractivity contribution in [3.8, 4) is 0 Å². The summed E-state index contributed by atoms with van der Waals surface area (Å²) in [6, 6.07) is 0.644. The van der Waals surface area contributed by atoms with E-state index in [1.807, 2.05) is 0 Å². The van der Waals surface area contributed by atoms with E-state index in [-0.39, 0.29) is 6.10 Å². The van der Waals surface area contributed by atoms with Crippen LogP contribution in [-0.2, 0) is 0 Å². The van der Waals surface area contributed by atoms with Gasteiger partial charge >= 0.3 is 0 Å². The SMILES string of the molecule is CC(C)CCC[C@H](C)C1CCC2C3C(CC[C@@]21C)[C@@]1(C)CC[C@H](NCCCNCCCCN)C[C@@H]1C[C@H]3O. The largest absolute Gasteiger partial charge is 0.393 e. The summed E-state index contributed by atoms with van der Waals surface area (Å²) < 4.78 is 0. The predicted octanol–water partition coefficient (Wildman–Crippen LogP) is 6.76. The second-order valence-corrected chi connectivity index (χ2v) is 15.4. The van der Waals surface area contributed by atoms with Crippen molar-refractivity contribution in [3.05, 3.63) is 0 Å². The zero-order valence-corrected chi connectivity index (χ0v) is 25.9. The van der Waals surface area contributed by atoms with Crippen LogP contribution in [0.5, 0.6) is 0 Å². The van der Waals surface area contributed by atoms with Crippen LogP contribution in [0, 0.1) is 52.3 Å². The van der Waals surface area contributed by atoms with Crippen molar-refractivity contribution >= 4 is 0 Å². The van der Waals surface area contributed by atoms with E-state index in [1.54, 1.807) is 0 Å². The Morgan fingerprint density at radius 2 is 1.55 bits per heavy atom. The number of nitrogens with one attached hydrogen (secondary N) is 2. The Bertz CT molecular complexity index is 714. The molecule has 0 bridgehead atoms. The fourth-order valence-electron chi connectivity index (χ4n) is 10.5. The molecule has 4 aliphatic carbocycles. The number of unbranched alkanes of at least 4 members (excludes halogenated alkanes) is 1. The van der Waals surface area contributed by atoms with Gasteiger partial charge in [-0.2, -0.15) is 0 Å². The molecule has 0 aromatic rings. The number of hydrogen-bond acceptors (Lipinski definition) is 4. The van der Waals surface area contributed by atoms with E-state index in [1.165, 1.54) is 77.0 Å². The third-order valence-electron chi connectivity index (χ3n) is 12.7. The molecule has 0 saturated heterocycles. The first-order valence-electron chi connectivity index (χ1n) is 17.0. The van der Waals surface area contributed by atoms with E-state index < -0.39 is 0 Å². The maximum Gasteiger partial charge on any atom is 0.0577 e. The van der Waals surface area contributed by atoms with Crippen LogP contribution in [0.2, 0.25) is 0 Å². The Balaban J connectivity index is 1.30. The van der Waals surface area contributed by atoms with Crippen LogP contribution in [0.4, 0.5) is 0 Å². The van der Waals surface area contributed by atoms with Crippen molar-refractivity contribution in [1.82, 2.24) is 10.6 Å². The summed E-state index contributed by atoms with van der Waals surface area (Å²) in [6.45, 7) is 16.7. The topological polar surface area (TPSA) is 70.3 Å². The molecule has 4 heteroatoms. The Labute approximate surface area is 236 Å². The lowest BCUT2D eigenvalue weighted by atomic mass is 9.43. The van der Waals surface area contributed by atoms with Crippen LogP contribution in [-0.4, -0.2) is 43.4 Å². The van der Waals surface area contributed by atoms with Crippen LogP contribution in [0.1, 0.15) is 125 Å². The predicted molar refractivity (Wildman–Crippen MR) is 162 cm³/mol. The average molecular weight is 532 g/mol. The third kappa shape index (κ3) is 6.66. The lowest BCUT2D eigenvalue weighted by Gasteiger charge is -2.62. The van der Waals surface area contributed by atoms with E-state index in [0.717, 1.165) is 68.6 Å².